The van der Waals surface area contributed by atoms with Crippen LogP contribution in [0.2, 0.25) is 0 Å². The van der Waals surface area contributed by atoms with E-state index in [1.54, 1.807) is 29.3 Å². The molecule has 3 heterocycles. The smallest absolute Gasteiger partial charge is 0.256 e. The maximum Gasteiger partial charge on any atom is 0.256 e. The minimum atomic E-state index is -3.44. The summed E-state index contributed by atoms with van der Waals surface area (Å²) < 4.78 is 40.2. The van der Waals surface area contributed by atoms with Crippen molar-refractivity contribution in [3.63, 3.8) is 0 Å². The van der Waals surface area contributed by atoms with Gasteiger partial charge in [-0.1, -0.05) is 18.2 Å². The van der Waals surface area contributed by atoms with E-state index in [1.807, 2.05) is 17.5 Å². The van der Waals surface area contributed by atoms with Gasteiger partial charge in [-0.15, -0.1) is 15.7 Å². The van der Waals surface area contributed by atoms with Gasteiger partial charge in [-0.2, -0.15) is 0 Å². The highest BCUT2D eigenvalue weighted by Gasteiger charge is 2.26. The van der Waals surface area contributed by atoms with Gasteiger partial charge in [-0.05, 0) is 41.3 Å². The lowest BCUT2D eigenvalue weighted by Crippen LogP contribution is -2.38. The van der Waals surface area contributed by atoms with Gasteiger partial charge in [0.15, 0.2) is 0 Å². The van der Waals surface area contributed by atoms with Crippen molar-refractivity contribution in [3.05, 3.63) is 82.0 Å². The first kappa shape index (κ1) is 18.6. The van der Waals surface area contributed by atoms with Crippen LogP contribution in [0.4, 0.5) is 4.39 Å². The summed E-state index contributed by atoms with van der Waals surface area (Å²) in [6, 6.07) is 9.39. The van der Waals surface area contributed by atoms with Crippen molar-refractivity contribution in [2.45, 2.75) is 6.04 Å². The maximum atomic E-state index is 13.3. The third-order valence-electron chi connectivity index (χ3n) is 4.39. The summed E-state index contributed by atoms with van der Waals surface area (Å²) in [5.41, 5.74) is 1.16. The first-order valence-corrected chi connectivity index (χ1v) is 11.0. The van der Waals surface area contributed by atoms with Gasteiger partial charge < -0.3 is 10.2 Å². The summed E-state index contributed by atoms with van der Waals surface area (Å²) in [7, 11) is -3.44. The van der Waals surface area contributed by atoms with E-state index in [-0.39, 0.29) is 24.0 Å². The summed E-state index contributed by atoms with van der Waals surface area (Å²) in [6.45, 7) is 0.245. The first-order valence-electron chi connectivity index (χ1n) is 8.50. The largest absolute Gasteiger partial charge is 0.340 e. The van der Waals surface area contributed by atoms with Crippen molar-refractivity contribution in [2.75, 3.05) is 12.3 Å². The molecule has 2 aromatic rings. The molecule has 9 heteroatoms. The summed E-state index contributed by atoms with van der Waals surface area (Å²) in [6.07, 6.45) is 4.66. The van der Waals surface area contributed by atoms with Crippen LogP contribution in [0.5, 0.6) is 0 Å². The molecule has 0 saturated heterocycles. The van der Waals surface area contributed by atoms with Crippen LogP contribution in [-0.4, -0.2) is 37.4 Å². The Morgan fingerprint density at radius 3 is 2.71 bits per heavy atom. The van der Waals surface area contributed by atoms with E-state index in [2.05, 4.69) is 9.71 Å². The molecule has 1 N–H and O–H groups in total. The van der Waals surface area contributed by atoms with E-state index < -0.39 is 16.1 Å². The maximum absolute atomic E-state index is 13.3. The van der Waals surface area contributed by atoms with E-state index in [0.717, 1.165) is 10.4 Å². The number of fused-ring (bicyclic) bond motifs is 1. The Bertz CT molecular complexity index is 1090. The average molecular weight is 417 g/mol. The topological polar surface area (TPSA) is 78.8 Å². The van der Waals surface area contributed by atoms with E-state index in [9.17, 15) is 17.6 Å². The number of hydrogen-bond acceptors (Lipinski definition) is 5. The molecule has 0 spiro atoms. The number of hydrogen-bond donors (Lipinski definition) is 1. The number of thiophene rings is 1. The molecule has 0 bridgehead atoms. The minimum absolute atomic E-state index is 0.0941. The molecule has 2 aliphatic rings. The van der Waals surface area contributed by atoms with Crippen molar-refractivity contribution in [3.8, 4) is 0 Å². The quantitative estimate of drug-likeness (QED) is 0.829. The van der Waals surface area contributed by atoms with E-state index in [4.69, 9.17) is 0 Å². The van der Waals surface area contributed by atoms with Gasteiger partial charge in [-0.25, -0.2) is 12.8 Å². The van der Waals surface area contributed by atoms with Crippen molar-refractivity contribution in [1.29, 1.82) is 0 Å². The van der Waals surface area contributed by atoms with Crippen LogP contribution in [0.15, 0.2) is 70.1 Å². The Balaban J connectivity index is 1.58. The Morgan fingerprint density at radius 1 is 1.21 bits per heavy atom. The van der Waals surface area contributed by atoms with Gasteiger partial charge in [0.05, 0.1) is 17.4 Å². The fourth-order valence-electron chi connectivity index (χ4n) is 2.98. The highest BCUT2D eigenvalue weighted by molar-refractivity contribution is 7.90. The number of rotatable bonds is 4. The molecule has 0 radical (unpaired) electrons. The Labute approximate surface area is 165 Å². The Hall–Kier alpha value is -2.78. The molecule has 1 aromatic carbocycles. The van der Waals surface area contributed by atoms with Gasteiger partial charge in [0.2, 0.25) is 0 Å². The summed E-state index contributed by atoms with van der Waals surface area (Å²) in [4.78, 5) is 15.4. The van der Waals surface area contributed by atoms with E-state index in [0.29, 0.717) is 11.4 Å². The monoisotopic (exact) mass is 417 g/mol. The molecule has 144 valence electrons. The molecule has 1 aromatic heterocycles. The average Bonchev–Trinajstić information content (AvgIpc) is 3.20. The number of carbonyl (C=O) groups excluding carboxylic acids is 1. The molecule has 1 atom stereocenters. The molecule has 0 fully saturated rings. The number of sulfonamides is 1. The molecule has 2 aliphatic heterocycles. The second kappa shape index (κ2) is 7.33. The predicted octanol–water partition coefficient (Wildman–Crippen LogP) is 2.59. The second-order valence-corrected chi connectivity index (χ2v) is 9.05. The lowest BCUT2D eigenvalue weighted by Gasteiger charge is -2.27. The molecule has 28 heavy (non-hydrogen) atoms. The zero-order valence-corrected chi connectivity index (χ0v) is 16.2. The fraction of sp³-hybridized carbons (Fsp3) is 0.158. The van der Waals surface area contributed by atoms with Gasteiger partial charge in [0, 0.05) is 17.6 Å². The Kier molecular flexibility index (Phi) is 4.86. The third-order valence-corrected chi connectivity index (χ3v) is 6.49. The van der Waals surface area contributed by atoms with Crippen LogP contribution in [0.1, 0.15) is 16.5 Å². The Morgan fingerprint density at radius 2 is 2.00 bits per heavy atom. The molecule has 1 unspecified atom stereocenters. The standard InChI is InChI=1S/C19H16FN3O3S2/c20-15-6-3-13(4-7-15)18(16-2-1-10-27-16)21-19(24)14-5-8-17-22-28(25,26)11-9-23(17)12-14/h1-8,10,12,18H,9,11H2,(H,21,24). The SMILES string of the molecule is O=C(NC(c1ccc(F)cc1)c1cccs1)C1=CN2CCS(=O)(=O)N=C2C=C1. The van der Waals surface area contributed by atoms with Gasteiger partial charge >= 0.3 is 0 Å². The molecular formula is C19H16FN3O3S2. The number of nitrogens with one attached hydrogen (secondary N) is 1. The number of halogens is 1. The first-order chi connectivity index (χ1) is 13.4. The highest BCUT2D eigenvalue weighted by atomic mass is 32.2. The molecule has 0 saturated carbocycles. The molecular weight excluding hydrogens is 401 g/mol. The van der Waals surface area contributed by atoms with Crippen molar-refractivity contribution < 1.29 is 17.6 Å². The van der Waals surface area contributed by atoms with Crippen molar-refractivity contribution >= 4 is 33.1 Å². The lowest BCUT2D eigenvalue weighted by molar-refractivity contribution is -0.117. The van der Waals surface area contributed by atoms with Crippen LogP contribution in [0, 0.1) is 5.82 Å². The number of amidine groups is 1. The number of amides is 1. The normalized spacial score (nSPS) is 18.7. The fourth-order valence-corrected chi connectivity index (χ4v) is 4.75. The molecule has 4 rings (SSSR count). The number of nitrogens with zero attached hydrogens (tertiary/aromatic N) is 2. The van der Waals surface area contributed by atoms with Gasteiger partial charge in [0.1, 0.15) is 11.7 Å². The lowest BCUT2D eigenvalue weighted by atomic mass is 10.0. The predicted molar refractivity (Wildman–Crippen MR) is 106 cm³/mol. The number of carbonyl (C=O) groups is 1. The summed E-state index contributed by atoms with van der Waals surface area (Å²) in [5, 5.41) is 4.89. The van der Waals surface area contributed by atoms with E-state index in [1.165, 1.54) is 29.5 Å². The third kappa shape index (κ3) is 3.90. The minimum Gasteiger partial charge on any atom is -0.340 e. The zero-order chi connectivity index (χ0) is 19.7. The molecule has 0 aliphatic carbocycles. The summed E-state index contributed by atoms with van der Waals surface area (Å²) in [5.74, 6) is -0.448. The van der Waals surface area contributed by atoms with Crippen molar-refractivity contribution in [2.24, 2.45) is 4.40 Å². The molecule has 1 amide bonds. The zero-order valence-electron chi connectivity index (χ0n) is 14.6. The molecule has 6 nitrogen and oxygen atoms in total. The van der Waals surface area contributed by atoms with Gasteiger partial charge in [-0.3, -0.25) is 4.79 Å². The second-order valence-electron chi connectivity index (χ2n) is 6.32. The van der Waals surface area contributed by atoms with Crippen LogP contribution in [-0.2, 0) is 14.8 Å². The van der Waals surface area contributed by atoms with Gasteiger partial charge in [0.25, 0.3) is 15.9 Å². The van der Waals surface area contributed by atoms with E-state index >= 15 is 0 Å². The van der Waals surface area contributed by atoms with Crippen molar-refractivity contribution in [1.82, 2.24) is 10.2 Å². The van der Waals surface area contributed by atoms with Crippen LogP contribution < -0.4 is 5.32 Å². The van der Waals surface area contributed by atoms with Crippen LogP contribution >= 0.6 is 11.3 Å². The number of benzene rings is 1. The van der Waals surface area contributed by atoms with Crippen LogP contribution in [0.3, 0.4) is 0 Å². The van der Waals surface area contributed by atoms with Crippen LogP contribution in [0.25, 0.3) is 0 Å². The highest BCUT2D eigenvalue weighted by Crippen LogP contribution is 2.27. The summed E-state index contributed by atoms with van der Waals surface area (Å²) >= 11 is 1.49.